The summed E-state index contributed by atoms with van der Waals surface area (Å²) in [6.45, 7) is 9.70. The van der Waals surface area contributed by atoms with Crippen molar-refractivity contribution in [1.29, 1.82) is 5.26 Å². The number of nitrogens with zero attached hydrogens (tertiary/aromatic N) is 3. The minimum Gasteiger partial charge on any atom is -0.351 e. The van der Waals surface area contributed by atoms with Crippen LogP contribution in [0.4, 0.5) is 4.79 Å². The molecule has 8 heteroatoms. The molecular formula is C24H33N5O3. The molecule has 8 nitrogen and oxygen atoms in total. The third kappa shape index (κ3) is 4.72. The van der Waals surface area contributed by atoms with Crippen molar-refractivity contribution >= 4 is 23.9 Å². The minimum atomic E-state index is -0.709. The summed E-state index contributed by atoms with van der Waals surface area (Å²) in [5, 5.41) is 15.1. The number of urea groups is 1. The molecule has 1 aliphatic heterocycles. The van der Waals surface area contributed by atoms with Gasteiger partial charge in [0.15, 0.2) is 0 Å². The van der Waals surface area contributed by atoms with E-state index in [2.05, 4.69) is 29.0 Å². The number of hydrogen-bond acceptors (Lipinski definition) is 4. The molecule has 0 aromatic carbocycles. The molecule has 1 aromatic heterocycles. The normalized spacial score (nSPS) is 17.9. The van der Waals surface area contributed by atoms with E-state index in [4.69, 9.17) is 0 Å². The van der Waals surface area contributed by atoms with E-state index in [0.29, 0.717) is 25.2 Å². The largest absolute Gasteiger partial charge is 0.351 e. The molecule has 0 bridgehead atoms. The number of carbonyl (C=O) groups is 3. The zero-order valence-electron chi connectivity index (χ0n) is 19.5. The van der Waals surface area contributed by atoms with Gasteiger partial charge >= 0.3 is 6.03 Å². The first-order chi connectivity index (χ1) is 15.2. The highest BCUT2D eigenvalue weighted by atomic mass is 16.2. The number of nitriles is 1. The molecular weight excluding hydrogens is 406 g/mol. The van der Waals surface area contributed by atoms with E-state index in [1.54, 1.807) is 6.08 Å². The molecule has 1 aromatic rings. The standard InChI is InChI=1S/C24H33N5O3/c1-16(2)15-29-17(3)12-19(18(29)4)13-20(14-25)21(30)26-10-7-11-28-22(31)24(27-23(28)32)8-5-6-9-24/h12-13,16H,5-11,15H2,1-4H3,(H,26,30)(H,27,32). The molecule has 0 unspecified atom stereocenters. The second-order valence-corrected chi connectivity index (χ2v) is 9.29. The second kappa shape index (κ2) is 9.60. The first-order valence-corrected chi connectivity index (χ1v) is 11.4. The molecule has 2 N–H and O–H groups in total. The highest BCUT2D eigenvalue weighted by Crippen LogP contribution is 2.35. The Morgan fingerprint density at radius 1 is 1.31 bits per heavy atom. The Bertz CT molecular complexity index is 976. The summed E-state index contributed by atoms with van der Waals surface area (Å²) in [6.07, 6.45) is 5.33. The number of imide groups is 1. The van der Waals surface area contributed by atoms with Crippen molar-refractivity contribution in [1.82, 2.24) is 20.1 Å². The van der Waals surface area contributed by atoms with Crippen LogP contribution in [-0.4, -0.2) is 45.9 Å². The maximum absolute atomic E-state index is 12.7. The van der Waals surface area contributed by atoms with E-state index in [1.807, 2.05) is 26.0 Å². The van der Waals surface area contributed by atoms with Gasteiger partial charge in [0, 0.05) is 31.0 Å². The van der Waals surface area contributed by atoms with Crippen molar-refractivity contribution in [3.8, 4) is 6.07 Å². The molecule has 0 atom stereocenters. The molecule has 1 saturated heterocycles. The van der Waals surface area contributed by atoms with E-state index < -0.39 is 11.4 Å². The van der Waals surface area contributed by atoms with Crippen LogP contribution in [0.25, 0.3) is 6.08 Å². The Morgan fingerprint density at radius 2 is 2.00 bits per heavy atom. The summed E-state index contributed by atoms with van der Waals surface area (Å²) in [6, 6.07) is 3.62. The summed E-state index contributed by atoms with van der Waals surface area (Å²) in [4.78, 5) is 38.6. The van der Waals surface area contributed by atoms with Crippen molar-refractivity contribution in [3.63, 3.8) is 0 Å². The molecule has 1 saturated carbocycles. The zero-order chi connectivity index (χ0) is 23.5. The lowest BCUT2D eigenvalue weighted by atomic mass is 9.98. The van der Waals surface area contributed by atoms with Crippen LogP contribution in [0, 0.1) is 31.1 Å². The Balaban J connectivity index is 1.56. The lowest BCUT2D eigenvalue weighted by molar-refractivity contribution is -0.131. The molecule has 32 heavy (non-hydrogen) atoms. The highest BCUT2D eigenvalue weighted by molar-refractivity contribution is 6.07. The number of aromatic nitrogens is 1. The number of nitrogens with one attached hydrogen (secondary N) is 2. The first-order valence-electron chi connectivity index (χ1n) is 11.4. The van der Waals surface area contributed by atoms with Crippen LogP contribution in [0.5, 0.6) is 0 Å². The van der Waals surface area contributed by atoms with E-state index in [9.17, 15) is 19.6 Å². The molecule has 3 rings (SSSR count). The van der Waals surface area contributed by atoms with Crippen LogP contribution in [-0.2, 0) is 16.1 Å². The van der Waals surface area contributed by atoms with Crippen LogP contribution in [0.2, 0.25) is 0 Å². The molecule has 172 valence electrons. The van der Waals surface area contributed by atoms with Crippen molar-refractivity contribution in [3.05, 3.63) is 28.6 Å². The van der Waals surface area contributed by atoms with Gasteiger partial charge in [-0.1, -0.05) is 26.7 Å². The summed E-state index contributed by atoms with van der Waals surface area (Å²) >= 11 is 0. The lowest BCUT2D eigenvalue weighted by Gasteiger charge is -2.20. The summed E-state index contributed by atoms with van der Waals surface area (Å²) in [5.41, 5.74) is 2.30. The number of hydrogen-bond donors (Lipinski definition) is 2. The third-order valence-electron chi connectivity index (χ3n) is 6.37. The van der Waals surface area contributed by atoms with Crippen molar-refractivity contribution in [2.75, 3.05) is 13.1 Å². The van der Waals surface area contributed by atoms with Crippen LogP contribution in [0.3, 0.4) is 0 Å². The predicted molar refractivity (Wildman–Crippen MR) is 121 cm³/mol. The number of carbonyl (C=O) groups excluding carboxylic acids is 3. The molecule has 0 radical (unpaired) electrons. The Labute approximate surface area is 189 Å². The average molecular weight is 440 g/mol. The molecule has 2 aliphatic rings. The highest BCUT2D eigenvalue weighted by Gasteiger charge is 2.51. The quantitative estimate of drug-likeness (QED) is 0.281. The fourth-order valence-electron chi connectivity index (χ4n) is 4.66. The summed E-state index contributed by atoms with van der Waals surface area (Å²) < 4.78 is 2.19. The maximum Gasteiger partial charge on any atom is 0.325 e. The van der Waals surface area contributed by atoms with E-state index in [0.717, 1.165) is 36.3 Å². The molecule has 1 spiro atoms. The van der Waals surface area contributed by atoms with E-state index >= 15 is 0 Å². The summed E-state index contributed by atoms with van der Waals surface area (Å²) in [5.74, 6) is -0.116. The predicted octanol–water partition coefficient (Wildman–Crippen LogP) is 3.04. The van der Waals surface area contributed by atoms with Crippen LogP contribution in [0.15, 0.2) is 11.6 Å². The van der Waals surface area contributed by atoms with Crippen LogP contribution < -0.4 is 10.6 Å². The van der Waals surface area contributed by atoms with Gasteiger partial charge in [0.1, 0.15) is 17.2 Å². The second-order valence-electron chi connectivity index (χ2n) is 9.29. The minimum absolute atomic E-state index is 0.0368. The van der Waals surface area contributed by atoms with Gasteiger partial charge in [-0.3, -0.25) is 14.5 Å². The van der Waals surface area contributed by atoms with Gasteiger partial charge in [0.05, 0.1) is 0 Å². The lowest BCUT2D eigenvalue weighted by Crippen LogP contribution is -2.44. The SMILES string of the molecule is Cc1cc(C=C(C#N)C(=O)NCCCN2C(=O)NC3(CCCC3)C2=O)c(C)n1CC(C)C. The Kier molecular flexibility index (Phi) is 7.07. The van der Waals surface area contributed by atoms with E-state index in [1.165, 1.54) is 4.90 Å². The van der Waals surface area contributed by atoms with Gasteiger partial charge in [-0.25, -0.2) is 4.79 Å². The zero-order valence-corrected chi connectivity index (χ0v) is 19.5. The average Bonchev–Trinajstić information content (AvgIpc) is 3.38. The van der Waals surface area contributed by atoms with Crippen molar-refractivity contribution in [2.24, 2.45) is 5.92 Å². The monoisotopic (exact) mass is 439 g/mol. The maximum atomic E-state index is 12.7. The van der Waals surface area contributed by atoms with Gasteiger partial charge in [0.2, 0.25) is 0 Å². The Morgan fingerprint density at radius 3 is 2.62 bits per heavy atom. The topological polar surface area (TPSA) is 107 Å². The van der Waals surface area contributed by atoms with Gasteiger partial charge in [-0.05, 0) is 56.7 Å². The smallest absolute Gasteiger partial charge is 0.325 e. The number of amides is 4. The van der Waals surface area contributed by atoms with Gasteiger partial charge in [-0.2, -0.15) is 5.26 Å². The van der Waals surface area contributed by atoms with E-state index in [-0.39, 0.29) is 30.6 Å². The molecule has 4 amide bonds. The Hall–Kier alpha value is -3.08. The van der Waals surface area contributed by atoms with Gasteiger partial charge < -0.3 is 15.2 Å². The fourth-order valence-corrected chi connectivity index (χ4v) is 4.66. The van der Waals surface area contributed by atoms with Crippen molar-refractivity contribution in [2.45, 2.75) is 71.9 Å². The third-order valence-corrected chi connectivity index (χ3v) is 6.37. The molecule has 1 aliphatic carbocycles. The van der Waals surface area contributed by atoms with Gasteiger partial charge in [0.25, 0.3) is 11.8 Å². The number of rotatable bonds is 8. The van der Waals surface area contributed by atoms with Crippen molar-refractivity contribution < 1.29 is 14.4 Å². The first kappa shape index (κ1) is 23.6. The van der Waals surface area contributed by atoms with Gasteiger partial charge in [-0.15, -0.1) is 0 Å². The fraction of sp³-hybridized carbons (Fsp3) is 0.583. The molecule has 2 fully saturated rings. The number of aryl methyl sites for hydroxylation is 1. The summed E-state index contributed by atoms with van der Waals surface area (Å²) in [7, 11) is 0. The molecule has 2 heterocycles. The van der Waals surface area contributed by atoms with Crippen LogP contribution >= 0.6 is 0 Å². The van der Waals surface area contributed by atoms with Crippen LogP contribution in [0.1, 0.15) is 62.9 Å².